The van der Waals surface area contributed by atoms with Gasteiger partial charge in [0.15, 0.2) is 17.5 Å². The van der Waals surface area contributed by atoms with Crippen molar-refractivity contribution in [2.24, 2.45) is 10.9 Å². The highest BCUT2D eigenvalue weighted by Crippen LogP contribution is 2.27. The molecule has 0 heterocycles. The van der Waals surface area contributed by atoms with Crippen molar-refractivity contribution in [1.29, 1.82) is 0 Å². The molecule has 0 fully saturated rings. The quantitative estimate of drug-likeness (QED) is 0.287. The zero-order valence-corrected chi connectivity index (χ0v) is 19.9. The summed E-state index contributed by atoms with van der Waals surface area (Å²) in [6.07, 6.45) is 0. The maximum atomic E-state index is 5.80. The van der Waals surface area contributed by atoms with Crippen molar-refractivity contribution >= 4 is 29.9 Å². The SMILES string of the molecule is CN=C(NCc1ccc(OC)c(OC)c1)NCC(C)COCc1ccccc1.I. The van der Waals surface area contributed by atoms with Crippen molar-refractivity contribution < 1.29 is 14.2 Å². The highest BCUT2D eigenvalue weighted by molar-refractivity contribution is 14.0. The van der Waals surface area contributed by atoms with Gasteiger partial charge in [0.2, 0.25) is 0 Å². The summed E-state index contributed by atoms with van der Waals surface area (Å²) >= 11 is 0. The molecule has 29 heavy (non-hydrogen) atoms. The summed E-state index contributed by atoms with van der Waals surface area (Å²) in [5.41, 5.74) is 2.27. The number of ether oxygens (including phenoxy) is 3. The van der Waals surface area contributed by atoms with Gasteiger partial charge >= 0.3 is 0 Å². The number of benzene rings is 2. The number of halogens is 1. The zero-order valence-electron chi connectivity index (χ0n) is 17.6. The summed E-state index contributed by atoms with van der Waals surface area (Å²) in [6.45, 7) is 4.89. The van der Waals surface area contributed by atoms with Gasteiger partial charge < -0.3 is 24.8 Å². The Balaban J connectivity index is 0.00000420. The standard InChI is InChI=1S/C22H31N3O3.HI/c1-17(15-28-16-18-8-6-5-7-9-18)13-24-22(23-2)25-14-19-10-11-20(26-3)21(12-19)27-4;/h5-12,17H,13-16H2,1-4H3,(H2,23,24,25);1H. The minimum Gasteiger partial charge on any atom is -0.493 e. The molecular weight excluding hydrogens is 481 g/mol. The first kappa shape index (κ1) is 25.0. The van der Waals surface area contributed by atoms with Gasteiger partial charge in [-0.1, -0.05) is 43.3 Å². The summed E-state index contributed by atoms with van der Waals surface area (Å²) < 4.78 is 16.4. The van der Waals surface area contributed by atoms with Crippen molar-refractivity contribution in [3.8, 4) is 11.5 Å². The van der Waals surface area contributed by atoms with E-state index in [0.717, 1.165) is 23.8 Å². The van der Waals surface area contributed by atoms with Gasteiger partial charge in [-0.3, -0.25) is 4.99 Å². The fraction of sp³-hybridized carbons (Fsp3) is 0.409. The Bertz CT molecular complexity index is 741. The predicted molar refractivity (Wildman–Crippen MR) is 128 cm³/mol. The second-order valence-electron chi connectivity index (χ2n) is 6.60. The van der Waals surface area contributed by atoms with E-state index in [1.54, 1.807) is 21.3 Å². The molecule has 6 nitrogen and oxygen atoms in total. The van der Waals surface area contributed by atoms with Crippen LogP contribution in [0.3, 0.4) is 0 Å². The van der Waals surface area contributed by atoms with E-state index >= 15 is 0 Å². The first-order valence-electron chi connectivity index (χ1n) is 9.43. The number of nitrogens with one attached hydrogen (secondary N) is 2. The van der Waals surface area contributed by atoms with Gasteiger partial charge in [-0.2, -0.15) is 0 Å². The van der Waals surface area contributed by atoms with E-state index < -0.39 is 0 Å². The number of rotatable bonds is 10. The van der Waals surface area contributed by atoms with Crippen LogP contribution in [-0.2, 0) is 17.9 Å². The second-order valence-corrected chi connectivity index (χ2v) is 6.60. The molecule has 1 unspecified atom stereocenters. The molecule has 1 atom stereocenters. The maximum Gasteiger partial charge on any atom is 0.191 e. The van der Waals surface area contributed by atoms with Crippen molar-refractivity contribution in [3.05, 3.63) is 59.7 Å². The van der Waals surface area contributed by atoms with Gasteiger partial charge in [-0.15, -0.1) is 24.0 Å². The molecule has 0 bridgehead atoms. The third kappa shape index (κ3) is 8.91. The second kappa shape index (κ2) is 14.1. The van der Waals surface area contributed by atoms with E-state index in [1.807, 2.05) is 36.4 Å². The number of hydrogen-bond acceptors (Lipinski definition) is 4. The fourth-order valence-electron chi connectivity index (χ4n) is 2.68. The number of nitrogens with zero attached hydrogens (tertiary/aromatic N) is 1. The number of guanidine groups is 1. The largest absolute Gasteiger partial charge is 0.493 e. The summed E-state index contributed by atoms with van der Waals surface area (Å²) in [5.74, 6) is 2.56. The Morgan fingerprint density at radius 1 is 0.966 bits per heavy atom. The third-order valence-corrected chi connectivity index (χ3v) is 4.26. The summed E-state index contributed by atoms with van der Waals surface area (Å²) in [5, 5.41) is 6.66. The van der Waals surface area contributed by atoms with E-state index in [0.29, 0.717) is 31.4 Å². The van der Waals surface area contributed by atoms with Crippen molar-refractivity contribution in [1.82, 2.24) is 10.6 Å². The molecule has 0 saturated heterocycles. The molecule has 0 radical (unpaired) electrons. The number of methoxy groups -OCH3 is 2. The smallest absolute Gasteiger partial charge is 0.191 e. The van der Waals surface area contributed by atoms with E-state index in [-0.39, 0.29) is 24.0 Å². The number of aliphatic imine (C=N–C) groups is 1. The summed E-state index contributed by atoms with van der Waals surface area (Å²) in [7, 11) is 5.03. The lowest BCUT2D eigenvalue weighted by Gasteiger charge is -2.17. The molecular formula is C22H32IN3O3. The molecule has 0 saturated carbocycles. The molecule has 2 aromatic carbocycles. The van der Waals surface area contributed by atoms with E-state index in [2.05, 4.69) is 34.7 Å². The monoisotopic (exact) mass is 513 g/mol. The first-order chi connectivity index (χ1) is 13.7. The van der Waals surface area contributed by atoms with Crippen molar-refractivity contribution in [2.75, 3.05) is 34.4 Å². The average molecular weight is 513 g/mol. The van der Waals surface area contributed by atoms with Crippen LogP contribution in [0.15, 0.2) is 53.5 Å². The summed E-state index contributed by atoms with van der Waals surface area (Å²) in [4.78, 5) is 4.28. The molecule has 0 spiro atoms. The van der Waals surface area contributed by atoms with Crippen LogP contribution in [0.25, 0.3) is 0 Å². The van der Waals surface area contributed by atoms with Crippen LogP contribution in [0, 0.1) is 5.92 Å². The molecule has 0 aromatic heterocycles. The Hall–Kier alpha value is -2.00. The van der Waals surface area contributed by atoms with Crippen LogP contribution in [0.4, 0.5) is 0 Å². The van der Waals surface area contributed by atoms with Crippen LogP contribution in [0.5, 0.6) is 11.5 Å². The molecule has 7 heteroatoms. The summed E-state index contributed by atoms with van der Waals surface area (Å²) in [6, 6.07) is 16.1. The third-order valence-electron chi connectivity index (χ3n) is 4.26. The highest BCUT2D eigenvalue weighted by Gasteiger charge is 2.07. The molecule has 160 valence electrons. The normalized spacial score (nSPS) is 11.9. The average Bonchev–Trinajstić information content (AvgIpc) is 2.74. The zero-order chi connectivity index (χ0) is 20.2. The van der Waals surface area contributed by atoms with E-state index in [4.69, 9.17) is 14.2 Å². The molecule has 2 N–H and O–H groups in total. The van der Waals surface area contributed by atoms with Crippen LogP contribution in [-0.4, -0.2) is 40.4 Å². The Morgan fingerprint density at radius 3 is 2.34 bits per heavy atom. The Morgan fingerprint density at radius 2 is 1.69 bits per heavy atom. The van der Waals surface area contributed by atoms with Gasteiger partial charge in [0, 0.05) is 20.1 Å². The topological polar surface area (TPSA) is 64.1 Å². The van der Waals surface area contributed by atoms with Crippen LogP contribution in [0.2, 0.25) is 0 Å². The molecule has 0 aliphatic rings. The van der Waals surface area contributed by atoms with Crippen LogP contribution < -0.4 is 20.1 Å². The number of hydrogen-bond donors (Lipinski definition) is 2. The minimum atomic E-state index is 0. The van der Waals surface area contributed by atoms with Crippen LogP contribution in [0.1, 0.15) is 18.1 Å². The lowest BCUT2D eigenvalue weighted by Crippen LogP contribution is -2.39. The molecule has 0 aliphatic heterocycles. The van der Waals surface area contributed by atoms with E-state index in [1.165, 1.54) is 5.56 Å². The molecule has 0 aliphatic carbocycles. The van der Waals surface area contributed by atoms with Crippen molar-refractivity contribution in [3.63, 3.8) is 0 Å². The van der Waals surface area contributed by atoms with Gasteiger partial charge in [0.25, 0.3) is 0 Å². The van der Waals surface area contributed by atoms with Gasteiger partial charge in [0.05, 0.1) is 27.4 Å². The Kier molecular flexibility index (Phi) is 12.1. The van der Waals surface area contributed by atoms with Gasteiger partial charge in [-0.25, -0.2) is 0 Å². The minimum absolute atomic E-state index is 0. The fourth-order valence-corrected chi connectivity index (χ4v) is 2.68. The van der Waals surface area contributed by atoms with Crippen molar-refractivity contribution in [2.45, 2.75) is 20.1 Å². The van der Waals surface area contributed by atoms with E-state index in [9.17, 15) is 0 Å². The van der Waals surface area contributed by atoms with Gasteiger partial charge in [0.1, 0.15) is 0 Å². The molecule has 2 aromatic rings. The maximum absolute atomic E-state index is 5.80. The molecule has 2 rings (SSSR count). The lowest BCUT2D eigenvalue weighted by atomic mass is 10.2. The first-order valence-corrected chi connectivity index (χ1v) is 9.43. The Labute approximate surface area is 191 Å². The van der Waals surface area contributed by atoms with Crippen LogP contribution >= 0.6 is 24.0 Å². The van der Waals surface area contributed by atoms with Gasteiger partial charge in [-0.05, 0) is 29.2 Å². The molecule has 0 amide bonds. The highest BCUT2D eigenvalue weighted by atomic mass is 127. The lowest BCUT2D eigenvalue weighted by molar-refractivity contribution is 0.0931. The predicted octanol–water partition coefficient (Wildman–Crippen LogP) is 3.84.